The van der Waals surface area contributed by atoms with Crippen molar-refractivity contribution in [1.29, 1.82) is 0 Å². The number of hydrogen-bond acceptors (Lipinski definition) is 3. The van der Waals surface area contributed by atoms with Crippen LogP contribution < -0.4 is 16.2 Å². The van der Waals surface area contributed by atoms with Gasteiger partial charge in [-0.15, -0.1) is 0 Å². The van der Waals surface area contributed by atoms with Crippen molar-refractivity contribution in [1.82, 2.24) is 0 Å². The first-order chi connectivity index (χ1) is 8.13. The standard InChI is InChI=1S/C14H24N2O/c1-4-10(3)11-6-7-14(17-5-2)12(8-11)13(16)9-15/h6-8,10,13H,4-5,9,15-16H2,1-3H3. The fraction of sp³-hybridized carbons (Fsp3) is 0.571. The molecular weight excluding hydrogens is 212 g/mol. The Kier molecular flexibility index (Phi) is 5.45. The van der Waals surface area contributed by atoms with Crippen LogP contribution in [0.2, 0.25) is 0 Å². The van der Waals surface area contributed by atoms with E-state index in [2.05, 4.69) is 26.0 Å². The second-order valence-electron chi connectivity index (χ2n) is 4.38. The molecule has 0 aliphatic carbocycles. The predicted molar refractivity (Wildman–Crippen MR) is 72.3 cm³/mol. The van der Waals surface area contributed by atoms with E-state index >= 15 is 0 Å². The SMILES string of the molecule is CCOc1ccc(C(C)CC)cc1C(N)CN. The van der Waals surface area contributed by atoms with Crippen LogP contribution in [0.5, 0.6) is 5.75 Å². The van der Waals surface area contributed by atoms with Crippen LogP contribution in [0.4, 0.5) is 0 Å². The van der Waals surface area contributed by atoms with Gasteiger partial charge in [-0.3, -0.25) is 0 Å². The third-order valence-corrected chi connectivity index (χ3v) is 3.17. The molecule has 0 aliphatic heterocycles. The molecule has 3 heteroatoms. The van der Waals surface area contributed by atoms with E-state index in [0.717, 1.165) is 17.7 Å². The van der Waals surface area contributed by atoms with Gasteiger partial charge >= 0.3 is 0 Å². The van der Waals surface area contributed by atoms with Gasteiger partial charge < -0.3 is 16.2 Å². The Morgan fingerprint density at radius 2 is 2.00 bits per heavy atom. The first kappa shape index (κ1) is 14.0. The van der Waals surface area contributed by atoms with Crippen LogP contribution in [-0.2, 0) is 0 Å². The van der Waals surface area contributed by atoms with Crippen molar-refractivity contribution in [2.75, 3.05) is 13.2 Å². The minimum absolute atomic E-state index is 0.152. The van der Waals surface area contributed by atoms with E-state index < -0.39 is 0 Å². The van der Waals surface area contributed by atoms with Gasteiger partial charge in [0, 0.05) is 18.2 Å². The Balaban J connectivity index is 3.09. The topological polar surface area (TPSA) is 61.3 Å². The molecule has 2 unspecified atom stereocenters. The smallest absolute Gasteiger partial charge is 0.124 e. The average Bonchev–Trinajstić information content (AvgIpc) is 2.37. The van der Waals surface area contributed by atoms with Crippen molar-refractivity contribution in [3.05, 3.63) is 29.3 Å². The molecule has 0 aliphatic rings. The van der Waals surface area contributed by atoms with Gasteiger partial charge in [-0.25, -0.2) is 0 Å². The second-order valence-corrected chi connectivity index (χ2v) is 4.38. The summed E-state index contributed by atoms with van der Waals surface area (Å²) in [6.45, 7) is 7.45. The van der Waals surface area contributed by atoms with Crippen molar-refractivity contribution < 1.29 is 4.74 Å². The van der Waals surface area contributed by atoms with Gasteiger partial charge in [0.2, 0.25) is 0 Å². The first-order valence-corrected chi connectivity index (χ1v) is 6.36. The first-order valence-electron chi connectivity index (χ1n) is 6.36. The number of benzene rings is 1. The lowest BCUT2D eigenvalue weighted by Gasteiger charge is -2.18. The molecule has 0 saturated carbocycles. The summed E-state index contributed by atoms with van der Waals surface area (Å²) in [5.41, 5.74) is 14.0. The summed E-state index contributed by atoms with van der Waals surface area (Å²) in [5.74, 6) is 1.40. The zero-order valence-electron chi connectivity index (χ0n) is 11.1. The zero-order chi connectivity index (χ0) is 12.8. The highest BCUT2D eigenvalue weighted by Gasteiger charge is 2.13. The average molecular weight is 236 g/mol. The normalized spacial score (nSPS) is 14.4. The van der Waals surface area contributed by atoms with Crippen LogP contribution in [0.3, 0.4) is 0 Å². The molecule has 2 atom stereocenters. The molecule has 1 aromatic rings. The van der Waals surface area contributed by atoms with Gasteiger partial charge in [-0.05, 0) is 30.9 Å². The van der Waals surface area contributed by atoms with Gasteiger partial charge in [-0.2, -0.15) is 0 Å². The largest absolute Gasteiger partial charge is 0.494 e. The molecule has 0 aromatic heterocycles. The summed E-state index contributed by atoms with van der Waals surface area (Å²) in [6, 6.07) is 6.11. The Labute approximate surface area is 104 Å². The molecule has 4 N–H and O–H groups in total. The van der Waals surface area contributed by atoms with Crippen LogP contribution >= 0.6 is 0 Å². The fourth-order valence-corrected chi connectivity index (χ4v) is 1.81. The molecule has 0 heterocycles. The highest BCUT2D eigenvalue weighted by Crippen LogP contribution is 2.29. The van der Waals surface area contributed by atoms with E-state index in [-0.39, 0.29) is 6.04 Å². The van der Waals surface area contributed by atoms with Crippen LogP contribution in [0.1, 0.15) is 50.3 Å². The predicted octanol–water partition coefficient (Wildman–Crippen LogP) is 2.56. The molecule has 1 aromatic carbocycles. The molecule has 3 nitrogen and oxygen atoms in total. The van der Waals surface area contributed by atoms with Gasteiger partial charge in [0.1, 0.15) is 5.75 Å². The lowest BCUT2D eigenvalue weighted by molar-refractivity contribution is 0.334. The monoisotopic (exact) mass is 236 g/mol. The summed E-state index contributed by atoms with van der Waals surface area (Å²) in [5, 5.41) is 0. The molecule has 0 amide bonds. The van der Waals surface area contributed by atoms with E-state index in [1.165, 1.54) is 5.56 Å². The van der Waals surface area contributed by atoms with Gasteiger partial charge in [0.15, 0.2) is 0 Å². The molecular formula is C14H24N2O. The van der Waals surface area contributed by atoms with Crippen LogP contribution in [0.25, 0.3) is 0 Å². The highest BCUT2D eigenvalue weighted by atomic mass is 16.5. The molecule has 0 fully saturated rings. The molecule has 0 radical (unpaired) electrons. The lowest BCUT2D eigenvalue weighted by atomic mass is 9.94. The Bertz CT molecular complexity index is 352. The lowest BCUT2D eigenvalue weighted by Crippen LogP contribution is -2.21. The second kappa shape index (κ2) is 6.62. The minimum atomic E-state index is -0.152. The van der Waals surface area contributed by atoms with Crippen LogP contribution in [0.15, 0.2) is 18.2 Å². The van der Waals surface area contributed by atoms with Crippen molar-refractivity contribution in [2.45, 2.75) is 39.2 Å². The highest BCUT2D eigenvalue weighted by molar-refractivity contribution is 5.40. The van der Waals surface area contributed by atoms with Crippen molar-refractivity contribution in [2.24, 2.45) is 11.5 Å². The van der Waals surface area contributed by atoms with Crippen LogP contribution in [0, 0.1) is 0 Å². The molecule has 1 rings (SSSR count). The fourth-order valence-electron chi connectivity index (χ4n) is 1.81. The van der Waals surface area contributed by atoms with E-state index in [4.69, 9.17) is 16.2 Å². The van der Waals surface area contributed by atoms with Crippen LogP contribution in [-0.4, -0.2) is 13.2 Å². The summed E-state index contributed by atoms with van der Waals surface area (Å²) in [6.07, 6.45) is 1.12. The minimum Gasteiger partial charge on any atom is -0.494 e. The maximum Gasteiger partial charge on any atom is 0.124 e. The molecule has 0 saturated heterocycles. The van der Waals surface area contributed by atoms with Gasteiger partial charge in [0.25, 0.3) is 0 Å². The van der Waals surface area contributed by atoms with Crippen molar-refractivity contribution >= 4 is 0 Å². The summed E-state index contributed by atoms with van der Waals surface area (Å²) in [7, 11) is 0. The Hall–Kier alpha value is -1.06. The number of ether oxygens (including phenoxy) is 1. The Morgan fingerprint density at radius 3 is 2.53 bits per heavy atom. The summed E-state index contributed by atoms with van der Waals surface area (Å²) in [4.78, 5) is 0. The van der Waals surface area contributed by atoms with E-state index in [1.54, 1.807) is 0 Å². The molecule has 17 heavy (non-hydrogen) atoms. The van der Waals surface area contributed by atoms with Gasteiger partial charge in [-0.1, -0.05) is 26.0 Å². The third-order valence-electron chi connectivity index (χ3n) is 3.17. The van der Waals surface area contributed by atoms with E-state index in [0.29, 0.717) is 19.1 Å². The third kappa shape index (κ3) is 3.45. The molecule has 96 valence electrons. The number of nitrogens with two attached hydrogens (primary N) is 2. The number of hydrogen-bond donors (Lipinski definition) is 2. The zero-order valence-corrected chi connectivity index (χ0v) is 11.1. The Morgan fingerprint density at radius 1 is 1.29 bits per heavy atom. The molecule has 0 bridgehead atoms. The summed E-state index contributed by atoms with van der Waals surface area (Å²) < 4.78 is 5.59. The van der Waals surface area contributed by atoms with Crippen molar-refractivity contribution in [3.8, 4) is 5.75 Å². The quantitative estimate of drug-likeness (QED) is 0.798. The maximum atomic E-state index is 6.03. The van der Waals surface area contributed by atoms with Gasteiger partial charge in [0.05, 0.1) is 6.61 Å². The van der Waals surface area contributed by atoms with E-state index in [9.17, 15) is 0 Å². The van der Waals surface area contributed by atoms with Crippen molar-refractivity contribution in [3.63, 3.8) is 0 Å². The molecule has 0 spiro atoms. The maximum absolute atomic E-state index is 6.03. The number of rotatable bonds is 6. The van der Waals surface area contributed by atoms with E-state index in [1.807, 2.05) is 13.0 Å². The summed E-state index contributed by atoms with van der Waals surface area (Å²) >= 11 is 0.